The summed E-state index contributed by atoms with van der Waals surface area (Å²) < 4.78 is 17.7. The van der Waals surface area contributed by atoms with Gasteiger partial charge in [0.25, 0.3) is 0 Å². The average Bonchev–Trinajstić information content (AvgIpc) is 3.41. The Morgan fingerprint density at radius 3 is 2.80 bits per heavy atom. The van der Waals surface area contributed by atoms with Crippen LogP contribution in [-0.2, 0) is 11.3 Å². The van der Waals surface area contributed by atoms with Crippen LogP contribution in [0.2, 0.25) is 5.02 Å². The highest BCUT2D eigenvalue weighted by atomic mass is 35.5. The first kappa shape index (κ1) is 19.5. The lowest BCUT2D eigenvalue weighted by molar-refractivity contribution is 0.0786. The van der Waals surface area contributed by atoms with E-state index in [0.717, 1.165) is 64.3 Å². The highest BCUT2D eigenvalue weighted by molar-refractivity contribution is 7.99. The number of aromatic amines is 1. The molecule has 0 bridgehead atoms. The van der Waals surface area contributed by atoms with E-state index >= 15 is 0 Å². The van der Waals surface area contributed by atoms with Crippen LogP contribution >= 0.6 is 23.4 Å². The quantitative estimate of drug-likeness (QED) is 0.406. The number of halogens is 1. The van der Waals surface area contributed by atoms with Crippen molar-refractivity contribution in [2.45, 2.75) is 35.4 Å². The second kappa shape index (κ2) is 8.71. The van der Waals surface area contributed by atoms with Crippen molar-refractivity contribution in [3.8, 4) is 5.75 Å². The van der Waals surface area contributed by atoms with Crippen molar-refractivity contribution < 1.29 is 13.9 Å². The molecule has 1 aliphatic heterocycles. The first-order chi connectivity index (χ1) is 14.7. The Morgan fingerprint density at radius 1 is 1.13 bits per heavy atom. The Labute approximate surface area is 182 Å². The van der Waals surface area contributed by atoms with Crippen molar-refractivity contribution in [3.05, 3.63) is 65.3 Å². The third-order valence-electron chi connectivity index (χ3n) is 5.06. The van der Waals surface area contributed by atoms with Gasteiger partial charge in [0.1, 0.15) is 18.1 Å². The summed E-state index contributed by atoms with van der Waals surface area (Å²) in [6, 6.07) is 13.5. The highest BCUT2D eigenvalue weighted by Crippen LogP contribution is 2.36. The number of nitrogens with one attached hydrogen (secondary N) is 1. The molecule has 0 amide bonds. The number of H-pyrrole nitrogens is 1. The summed E-state index contributed by atoms with van der Waals surface area (Å²) in [5.74, 6) is 1.81. The molecule has 1 saturated heterocycles. The molecular weight excluding hydrogens is 422 g/mol. The Bertz CT molecular complexity index is 1140. The van der Waals surface area contributed by atoms with E-state index in [1.165, 1.54) is 11.8 Å². The molecule has 0 unspecified atom stereocenters. The summed E-state index contributed by atoms with van der Waals surface area (Å²) >= 11 is 7.55. The van der Waals surface area contributed by atoms with Crippen LogP contribution in [0, 0.1) is 0 Å². The predicted molar refractivity (Wildman–Crippen MR) is 115 cm³/mol. The number of aromatic nitrogens is 3. The second-order valence-electron chi connectivity index (χ2n) is 7.14. The molecule has 6 nitrogen and oxygen atoms in total. The van der Waals surface area contributed by atoms with E-state index in [1.54, 1.807) is 6.20 Å². The number of nitrogens with zero attached hydrogens (tertiary/aromatic N) is 2. The molecule has 0 saturated carbocycles. The summed E-state index contributed by atoms with van der Waals surface area (Å²) in [7, 11) is 0. The molecule has 2 aromatic heterocycles. The molecule has 5 rings (SSSR count). The van der Waals surface area contributed by atoms with E-state index in [4.69, 9.17) is 30.5 Å². The number of benzene rings is 2. The summed E-state index contributed by atoms with van der Waals surface area (Å²) in [6.07, 6.45) is 3.62. The third kappa shape index (κ3) is 4.33. The van der Waals surface area contributed by atoms with E-state index in [2.05, 4.69) is 10.2 Å². The SMILES string of the molecule is Clc1ccc(Sc2oc(C3CCOCC3)nc2COc2ccc3[nH]ncc3c2)cc1. The van der Waals surface area contributed by atoms with Gasteiger partial charge < -0.3 is 13.9 Å². The maximum Gasteiger partial charge on any atom is 0.199 e. The van der Waals surface area contributed by atoms with Gasteiger partial charge in [0.05, 0.1) is 11.7 Å². The van der Waals surface area contributed by atoms with Gasteiger partial charge in [0.2, 0.25) is 0 Å². The molecule has 3 heterocycles. The zero-order valence-corrected chi connectivity index (χ0v) is 17.7. The molecule has 4 aromatic rings. The van der Waals surface area contributed by atoms with E-state index in [-0.39, 0.29) is 5.92 Å². The van der Waals surface area contributed by atoms with Crippen molar-refractivity contribution in [3.63, 3.8) is 0 Å². The van der Waals surface area contributed by atoms with Gasteiger partial charge in [-0.3, -0.25) is 5.10 Å². The van der Waals surface area contributed by atoms with Crippen molar-refractivity contribution in [1.82, 2.24) is 15.2 Å². The molecule has 154 valence electrons. The monoisotopic (exact) mass is 441 g/mol. The molecule has 8 heteroatoms. The predicted octanol–water partition coefficient (Wildman–Crippen LogP) is 5.83. The Morgan fingerprint density at radius 2 is 1.97 bits per heavy atom. The molecule has 1 fully saturated rings. The summed E-state index contributed by atoms with van der Waals surface area (Å²) in [5, 5.41) is 9.46. The maximum atomic E-state index is 6.20. The minimum Gasteiger partial charge on any atom is -0.487 e. The molecular formula is C22H20ClN3O3S. The fourth-order valence-electron chi connectivity index (χ4n) is 3.42. The molecule has 2 aromatic carbocycles. The van der Waals surface area contributed by atoms with Crippen LogP contribution in [-0.4, -0.2) is 28.4 Å². The largest absolute Gasteiger partial charge is 0.487 e. The first-order valence-corrected chi connectivity index (χ1v) is 11.0. The minimum absolute atomic E-state index is 0.277. The van der Waals surface area contributed by atoms with Gasteiger partial charge in [-0.1, -0.05) is 11.6 Å². The molecule has 1 N–H and O–H groups in total. The van der Waals surface area contributed by atoms with Crippen molar-refractivity contribution in [2.75, 3.05) is 13.2 Å². The molecule has 0 spiro atoms. The number of fused-ring (bicyclic) bond motifs is 1. The van der Waals surface area contributed by atoms with Crippen LogP contribution < -0.4 is 4.74 Å². The summed E-state index contributed by atoms with van der Waals surface area (Å²) in [5.41, 5.74) is 1.77. The van der Waals surface area contributed by atoms with E-state index in [0.29, 0.717) is 11.6 Å². The van der Waals surface area contributed by atoms with Crippen molar-refractivity contribution in [1.29, 1.82) is 0 Å². The van der Waals surface area contributed by atoms with Crippen LogP contribution in [0.4, 0.5) is 0 Å². The van der Waals surface area contributed by atoms with Gasteiger partial charge >= 0.3 is 0 Å². The minimum atomic E-state index is 0.277. The van der Waals surface area contributed by atoms with Gasteiger partial charge in [0, 0.05) is 34.4 Å². The van der Waals surface area contributed by atoms with Crippen LogP contribution in [0.3, 0.4) is 0 Å². The van der Waals surface area contributed by atoms with E-state index in [9.17, 15) is 0 Å². The fraction of sp³-hybridized carbons (Fsp3) is 0.273. The number of hydrogen-bond acceptors (Lipinski definition) is 6. The van der Waals surface area contributed by atoms with Crippen molar-refractivity contribution >= 4 is 34.3 Å². The van der Waals surface area contributed by atoms with Crippen LogP contribution in [0.25, 0.3) is 10.9 Å². The summed E-state index contributed by atoms with van der Waals surface area (Å²) in [6.45, 7) is 1.80. The Balaban J connectivity index is 1.38. The number of rotatable bonds is 6. The van der Waals surface area contributed by atoms with E-state index < -0.39 is 0 Å². The summed E-state index contributed by atoms with van der Waals surface area (Å²) in [4.78, 5) is 5.84. The lowest BCUT2D eigenvalue weighted by Crippen LogP contribution is -2.14. The van der Waals surface area contributed by atoms with Crippen molar-refractivity contribution in [2.24, 2.45) is 0 Å². The molecule has 0 aliphatic carbocycles. The Kier molecular flexibility index (Phi) is 5.66. The molecule has 1 aliphatic rings. The van der Waals surface area contributed by atoms with Gasteiger partial charge in [-0.25, -0.2) is 4.98 Å². The van der Waals surface area contributed by atoms with Gasteiger partial charge in [-0.05, 0) is 67.1 Å². The third-order valence-corrected chi connectivity index (χ3v) is 6.32. The lowest BCUT2D eigenvalue weighted by Gasteiger charge is -2.18. The second-order valence-corrected chi connectivity index (χ2v) is 8.62. The first-order valence-electron chi connectivity index (χ1n) is 9.81. The van der Waals surface area contributed by atoms with Gasteiger partial charge in [0.15, 0.2) is 11.0 Å². The highest BCUT2D eigenvalue weighted by Gasteiger charge is 2.24. The molecule has 0 atom stereocenters. The zero-order valence-electron chi connectivity index (χ0n) is 16.1. The normalized spacial score (nSPS) is 15.0. The standard InChI is InChI=1S/C22H20ClN3O3S/c23-16-1-4-18(5-2-16)30-22-20(25-21(29-22)14-7-9-27-10-8-14)13-28-17-3-6-19-15(11-17)12-24-26-19/h1-6,11-12,14H,7-10,13H2,(H,24,26). The number of hydrogen-bond donors (Lipinski definition) is 1. The lowest BCUT2D eigenvalue weighted by atomic mass is 10.0. The van der Waals surface area contributed by atoms with Gasteiger partial charge in [-0.15, -0.1) is 0 Å². The van der Waals surface area contributed by atoms with Gasteiger partial charge in [-0.2, -0.15) is 5.10 Å². The fourth-order valence-corrected chi connectivity index (χ4v) is 4.38. The van der Waals surface area contributed by atoms with Crippen LogP contribution in [0.5, 0.6) is 5.75 Å². The van der Waals surface area contributed by atoms with Crippen LogP contribution in [0.15, 0.2) is 63.1 Å². The smallest absolute Gasteiger partial charge is 0.199 e. The zero-order chi connectivity index (χ0) is 20.3. The number of ether oxygens (including phenoxy) is 2. The van der Waals surface area contributed by atoms with Crippen LogP contribution in [0.1, 0.15) is 30.3 Å². The Hall–Kier alpha value is -2.48. The number of oxazole rings is 1. The average molecular weight is 442 g/mol. The molecule has 0 radical (unpaired) electrons. The topological polar surface area (TPSA) is 73.2 Å². The maximum absolute atomic E-state index is 6.20. The van der Waals surface area contributed by atoms with E-state index in [1.807, 2.05) is 42.5 Å². The molecule has 30 heavy (non-hydrogen) atoms.